The zero-order chi connectivity index (χ0) is 17.9. The Bertz CT molecular complexity index is 976. The molecule has 1 aliphatic heterocycles. The topological polar surface area (TPSA) is 78.4 Å². The van der Waals surface area contributed by atoms with Gasteiger partial charge in [0.2, 0.25) is 0 Å². The molecule has 1 aliphatic carbocycles. The molecule has 3 aromatic rings. The van der Waals surface area contributed by atoms with Crippen molar-refractivity contribution in [1.29, 1.82) is 0 Å². The number of hydrogen-bond acceptors (Lipinski definition) is 6. The van der Waals surface area contributed by atoms with Gasteiger partial charge in [-0.15, -0.1) is 0 Å². The predicted molar refractivity (Wildman–Crippen MR) is 101 cm³/mol. The van der Waals surface area contributed by atoms with Crippen LogP contribution in [0, 0.1) is 0 Å². The number of pyridine rings is 1. The summed E-state index contributed by atoms with van der Waals surface area (Å²) in [6.07, 6.45) is 3.29. The highest BCUT2D eigenvalue weighted by Crippen LogP contribution is 2.43. The van der Waals surface area contributed by atoms with Crippen LogP contribution in [-0.2, 0) is 10.4 Å². The number of amides is 1. The molecule has 26 heavy (non-hydrogen) atoms. The Kier molecular flexibility index (Phi) is 3.32. The maximum Gasteiger partial charge on any atom is 0.264 e. The van der Waals surface area contributed by atoms with E-state index in [-0.39, 0.29) is 18.0 Å². The number of hydrogen-bond donors (Lipinski definition) is 2. The number of nitrogens with one attached hydrogen (secondary N) is 1. The minimum absolute atomic E-state index is 0.0528. The summed E-state index contributed by atoms with van der Waals surface area (Å²) < 4.78 is 1.16. The van der Waals surface area contributed by atoms with Crippen LogP contribution in [0.15, 0.2) is 42.6 Å². The number of carbonyl (C=O) groups is 1. The number of rotatable bonds is 3. The van der Waals surface area contributed by atoms with Crippen LogP contribution in [0.3, 0.4) is 0 Å². The SMILES string of the molecule is C[C@@]1(O)C(=O)N(C2CC(Nc3nc4ccccc4s3)C2)c2ncccc21. The van der Waals surface area contributed by atoms with Crippen LogP contribution in [0.25, 0.3) is 10.2 Å². The van der Waals surface area contributed by atoms with E-state index in [0.717, 1.165) is 28.2 Å². The normalized spacial score (nSPS) is 27.5. The molecule has 2 N–H and O–H groups in total. The van der Waals surface area contributed by atoms with Gasteiger partial charge in [0, 0.05) is 23.8 Å². The fraction of sp³-hybridized carbons (Fsp3) is 0.316. The van der Waals surface area contributed by atoms with Crippen molar-refractivity contribution in [2.75, 3.05) is 10.2 Å². The van der Waals surface area contributed by atoms with Crippen molar-refractivity contribution in [3.05, 3.63) is 48.2 Å². The highest BCUT2D eigenvalue weighted by atomic mass is 32.1. The quantitative estimate of drug-likeness (QED) is 0.745. The second-order valence-corrected chi connectivity index (χ2v) is 8.11. The van der Waals surface area contributed by atoms with Crippen molar-refractivity contribution < 1.29 is 9.90 Å². The fourth-order valence-corrected chi connectivity index (χ4v) is 4.72. The van der Waals surface area contributed by atoms with E-state index in [2.05, 4.69) is 21.4 Å². The zero-order valence-electron chi connectivity index (χ0n) is 14.2. The summed E-state index contributed by atoms with van der Waals surface area (Å²) >= 11 is 1.64. The second-order valence-electron chi connectivity index (χ2n) is 7.08. The third kappa shape index (κ3) is 2.24. The molecular formula is C19H18N4O2S. The van der Waals surface area contributed by atoms with Crippen molar-refractivity contribution in [2.45, 2.75) is 37.5 Å². The number of nitrogens with zero attached hydrogens (tertiary/aromatic N) is 3. The van der Waals surface area contributed by atoms with Gasteiger partial charge in [0.05, 0.1) is 10.2 Å². The molecule has 2 aliphatic rings. The third-order valence-electron chi connectivity index (χ3n) is 5.27. The Morgan fingerprint density at radius 2 is 2.08 bits per heavy atom. The number of aromatic nitrogens is 2. The Morgan fingerprint density at radius 3 is 2.88 bits per heavy atom. The summed E-state index contributed by atoms with van der Waals surface area (Å²) in [5.41, 5.74) is 0.0992. The van der Waals surface area contributed by atoms with Gasteiger partial charge in [0.15, 0.2) is 10.7 Å². The highest BCUT2D eigenvalue weighted by Gasteiger charge is 2.51. The molecule has 1 amide bonds. The molecule has 3 heterocycles. The van der Waals surface area contributed by atoms with E-state index in [1.807, 2.05) is 18.2 Å². The summed E-state index contributed by atoms with van der Waals surface area (Å²) in [5.74, 6) is 0.306. The molecule has 0 bridgehead atoms. The van der Waals surface area contributed by atoms with Crippen LogP contribution in [0.5, 0.6) is 0 Å². The van der Waals surface area contributed by atoms with E-state index in [0.29, 0.717) is 11.4 Å². The number of aliphatic hydroxyl groups is 1. The number of fused-ring (bicyclic) bond motifs is 2. The largest absolute Gasteiger partial charge is 0.375 e. The first-order chi connectivity index (χ1) is 12.5. The Balaban J connectivity index is 1.32. The Labute approximate surface area is 154 Å². The Hall–Kier alpha value is -2.51. The number of benzene rings is 1. The number of carbonyl (C=O) groups excluding carboxylic acids is 1. The van der Waals surface area contributed by atoms with Gasteiger partial charge in [-0.2, -0.15) is 0 Å². The molecule has 132 valence electrons. The van der Waals surface area contributed by atoms with Crippen LogP contribution in [-0.4, -0.2) is 33.1 Å². The first kappa shape index (κ1) is 15.7. The molecule has 0 radical (unpaired) electrons. The van der Waals surface area contributed by atoms with Crippen molar-refractivity contribution >= 4 is 38.4 Å². The van der Waals surface area contributed by atoms with Gasteiger partial charge < -0.3 is 10.4 Å². The summed E-state index contributed by atoms with van der Waals surface area (Å²) in [5, 5.41) is 15.0. The molecule has 2 aromatic heterocycles. The average molecular weight is 366 g/mol. The molecule has 0 unspecified atom stereocenters. The van der Waals surface area contributed by atoms with Gasteiger partial charge >= 0.3 is 0 Å². The van der Waals surface area contributed by atoms with Crippen LogP contribution in [0.4, 0.5) is 10.9 Å². The molecule has 0 saturated heterocycles. The van der Waals surface area contributed by atoms with E-state index in [4.69, 9.17) is 0 Å². The van der Waals surface area contributed by atoms with Crippen LogP contribution in [0.2, 0.25) is 0 Å². The van der Waals surface area contributed by atoms with Crippen molar-refractivity contribution in [1.82, 2.24) is 9.97 Å². The van der Waals surface area contributed by atoms with E-state index < -0.39 is 5.60 Å². The molecule has 7 heteroatoms. The maximum atomic E-state index is 12.7. The maximum absolute atomic E-state index is 12.7. The highest BCUT2D eigenvalue weighted by molar-refractivity contribution is 7.22. The standard InChI is InChI=1S/C19H18N4O2S/c1-19(25)13-5-4-8-20-16(13)23(17(19)24)12-9-11(10-12)21-18-22-14-6-2-3-7-15(14)26-18/h2-8,11-12,25H,9-10H2,1H3,(H,21,22)/t11?,12?,19-/m0/s1. The van der Waals surface area contributed by atoms with E-state index in [1.165, 1.54) is 0 Å². The lowest BCUT2D eigenvalue weighted by atomic mass is 9.85. The first-order valence-corrected chi connectivity index (χ1v) is 9.49. The van der Waals surface area contributed by atoms with Gasteiger partial charge in [0.25, 0.3) is 5.91 Å². The lowest BCUT2D eigenvalue weighted by molar-refractivity contribution is -0.135. The van der Waals surface area contributed by atoms with Crippen molar-refractivity contribution in [3.8, 4) is 0 Å². The molecule has 1 aromatic carbocycles. The van der Waals surface area contributed by atoms with Gasteiger partial charge in [-0.3, -0.25) is 9.69 Å². The van der Waals surface area contributed by atoms with Gasteiger partial charge in [-0.1, -0.05) is 29.5 Å². The minimum Gasteiger partial charge on any atom is -0.375 e. The summed E-state index contributed by atoms with van der Waals surface area (Å²) in [4.78, 5) is 23.3. The number of para-hydroxylation sites is 1. The van der Waals surface area contributed by atoms with Gasteiger partial charge in [-0.05, 0) is 38.0 Å². The molecular weight excluding hydrogens is 348 g/mol. The molecule has 1 atom stereocenters. The second kappa shape index (κ2) is 5.49. The van der Waals surface area contributed by atoms with Crippen molar-refractivity contribution in [2.24, 2.45) is 0 Å². The monoisotopic (exact) mass is 366 g/mol. The summed E-state index contributed by atoms with van der Waals surface area (Å²) in [6.45, 7) is 1.55. The molecule has 1 saturated carbocycles. The van der Waals surface area contributed by atoms with Crippen LogP contribution < -0.4 is 10.2 Å². The fourth-order valence-electron chi connectivity index (χ4n) is 3.78. The van der Waals surface area contributed by atoms with Gasteiger partial charge in [0.1, 0.15) is 5.82 Å². The molecule has 5 rings (SSSR count). The first-order valence-electron chi connectivity index (χ1n) is 8.67. The zero-order valence-corrected chi connectivity index (χ0v) is 15.0. The minimum atomic E-state index is -1.49. The molecule has 0 spiro atoms. The number of anilines is 2. The van der Waals surface area contributed by atoms with Crippen LogP contribution >= 0.6 is 11.3 Å². The lowest BCUT2D eigenvalue weighted by Gasteiger charge is -2.41. The lowest BCUT2D eigenvalue weighted by Crippen LogP contribution is -2.53. The van der Waals surface area contributed by atoms with Crippen LogP contribution in [0.1, 0.15) is 25.3 Å². The number of thiazole rings is 1. The predicted octanol–water partition coefficient (Wildman–Crippen LogP) is 2.89. The van der Waals surface area contributed by atoms with E-state index >= 15 is 0 Å². The van der Waals surface area contributed by atoms with E-state index in [9.17, 15) is 9.90 Å². The molecule has 1 fully saturated rings. The van der Waals surface area contributed by atoms with Crippen molar-refractivity contribution in [3.63, 3.8) is 0 Å². The smallest absolute Gasteiger partial charge is 0.264 e. The average Bonchev–Trinajstić information content (AvgIpc) is 3.09. The molecule has 6 nitrogen and oxygen atoms in total. The third-order valence-corrected chi connectivity index (χ3v) is 6.24. The Morgan fingerprint density at radius 1 is 1.27 bits per heavy atom. The summed E-state index contributed by atoms with van der Waals surface area (Å²) in [7, 11) is 0. The van der Waals surface area contributed by atoms with Gasteiger partial charge in [-0.25, -0.2) is 9.97 Å². The summed E-state index contributed by atoms with van der Waals surface area (Å²) in [6, 6.07) is 11.9. The van der Waals surface area contributed by atoms with E-state index in [1.54, 1.807) is 41.5 Å².